The van der Waals surface area contributed by atoms with Gasteiger partial charge in [-0.05, 0) is 49.4 Å². The average molecular weight is 336 g/mol. The molecule has 0 aliphatic carbocycles. The van der Waals surface area contributed by atoms with E-state index in [0.29, 0.717) is 0 Å². The molecule has 1 atom stereocenters. The van der Waals surface area contributed by atoms with Gasteiger partial charge in [-0.3, -0.25) is 4.79 Å². The summed E-state index contributed by atoms with van der Waals surface area (Å²) in [7, 11) is 0. The Kier molecular flexibility index (Phi) is 5.47. The van der Waals surface area contributed by atoms with Gasteiger partial charge in [-0.2, -0.15) is 8.78 Å². The van der Waals surface area contributed by atoms with E-state index in [0.717, 1.165) is 0 Å². The summed E-state index contributed by atoms with van der Waals surface area (Å²) in [5, 5.41) is 9.33. The number of ether oxygens (including phenoxy) is 2. The monoisotopic (exact) mass is 336 g/mol. The number of esters is 1. The smallest absolute Gasteiger partial charge is 0.387 e. The molecular weight excluding hydrogens is 322 g/mol. The third kappa shape index (κ3) is 4.52. The second kappa shape index (κ2) is 7.54. The summed E-state index contributed by atoms with van der Waals surface area (Å²) >= 11 is 0. The van der Waals surface area contributed by atoms with Crippen molar-refractivity contribution in [2.45, 2.75) is 19.6 Å². The van der Waals surface area contributed by atoms with Crippen LogP contribution < -0.4 is 4.74 Å². The Bertz CT molecular complexity index is 728. The minimum Gasteiger partial charge on any atom is -0.508 e. The molecule has 0 aliphatic rings. The maximum atomic E-state index is 12.2. The van der Waals surface area contributed by atoms with Gasteiger partial charge in [0.1, 0.15) is 11.5 Å². The van der Waals surface area contributed by atoms with E-state index in [-0.39, 0.29) is 22.6 Å². The highest BCUT2D eigenvalue weighted by Crippen LogP contribution is 2.17. The fraction of sp³-hybridized carbons (Fsp3) is 0.176. The van der Waals surface area contributed by atoms with Gasteiger partial charge < -0.3 is 14.6 Å². The van der Waals surface area contributed by atoms with Crippen LogP contribution >= 0.6 is 0 Å². The molecule has 24 heavy (non-hydrogen) atoms. The van der Waals surface area contributed by atoms with E-state index in [4.69, 9.17) is 4.74 Å². The van der Waals surface area contributed by atoms with Crippen LogP contribution in [0.1, 0.15) is 27.6 Å². The summed E-state index contributed by atoms with van der Waals surface area (Å²) in [6, 6.07) is 10.6. The molecule has 0 radical (unpaired) electrons. The first-order valence-corrected chi connectivity index (χ1v) is 6.96. The van der Waals surface area contributed by atoms with Crippen molar-refractivity contribution in [3.05, 3.63) is 59.7 Å². The summed E-state index contributed by atoms with van der Waals surface area (Å²) in [6.07, 6.45) is -1.08. The van der Waals surface area contributed by atoms with E-state index in [2.05, 4.69) is 4.74 Å². The number of aromatic hydroxyl groups is 1. The Morgan fingerprint density at radius 3 is 2.29 bits per heavy atom. The van der Waals surface area contributed by atoms with Gasteiger partial charge in [-0.25, -0.2) is 4.79 Å². The third-order valence-corrected chi connectivity index (χ3v) is 3.10. The topological polar surface area (TPSA) is 72.8 Å². The first-order valence-electron chi connectivity index (χ1n) is 6.96. The molecule has 0 aliphatic heterocycles. The zero-order valence-electron chi connectivity index (χ0n) is 12.6. The van der Waals surface area contributed by atoms with Gasteiger partial charge in [-0.15, -0.1) is 0 Å². The lowest BCUT2D eigenvalue weighted by Crippen LogP contribution is -2.24. The number of carbonyl (C=O) groups excluding carboxylic acids is 2. The van der Waals surface area contributed by atoms with Crippen LogP contribution in [0.2, 0.25) is 0 Å². The molecule has 0 amide bonds. The number of benzene rings is 2. The van der Waals surface area contributed by atoms with E-state index in [1.54, 1.807) is 0 Å². The van der Waals surface area contributed by atoms with E-state index >= 15 is 0 Å². The Balaban J connectivity index is 2.02. The van der Waals surface area contributed by atoms with Crippen molar-refractivity contribution in [1.29, 1.82) is 0 Å². The van der Waals surface area contributed by atoms with E-state index in [9.17, 15) is 23.5 Å². The number of alkyl halides is 2. The minimum atomic E-state index is -2.95. The Morgan fingerprint density at radius 2 is 1.71 bits per heavy atom. The molecule has 0 heterocycles. The van der Waals surface area contributed by atoms with Crippen molar-refractivity contribution in [2.24, 2.45) is 0 Å². The predicted molar refractivity (Wildman–Crippen MR) is 80.4 cm³/mol. The lowest BCUT2D eigenvalue weighted by atomic mass is 10.1. The second-order valence-electron chi connectivity index (χ2n) is 4.86. The molecule has 2 aromatic rings. The summed E-state index contributed by atoms with van der Waals surface area (Å²) in [5.74, 6) is -1.43. The van der Waals surface area contributed by atoms with Crippen LogP contribution in [0.3, 0.4) is 0 Å². The summed E-state index contributed by atoms with van der Waals surface area (Å²) in [4.78, 5) is 24.1. The van der Waals surface area contributed by atoms with Gasteiger partial charge in [0.2, 0.25) is 5.78 Å². The van der Waals surface area contributed by atoms with Crippen LogP contribution in [0.5, 0.6) is 11.5 Å². The lowest BCUT2D eigenvalue weighted by molar-refractivity contribution is -0.0498. The molecule has 7 heteroatoms. The highest BCUT2D eigenvalue weighted by molar-refractivity contribution is 6.01. The van der Waals surface area contributed by atoms with Gasteiger partial charge in [0.05, 0.1) is 5.56 Å². The van der Waals surface area contributed by atoms with Crippen molar-refractivity contribution in [2.75, 3.05) is 0 Å². The zero-order valence-corrected chi connectivity index (χ0v) is 12.6. The molecule has 0 bridgehead atoms. The van der Waals surface area contributed by atoms with Crippen LogP contribution in [0.25, 0.3) is 0 Å². The molecule has 0 fully saturated rings. The van der Waals surface area contributed by atoms with Crippen LogP contribution in [0, 0.1) is 0 Å². The molecule has 0 saturated heterocycles. The van der Waals surface area contributed by atoms with Gasteiger partial charge in [0, 0.05) is 5.56 Å². The van der Waals surface area contributed by atoms with Gasteiger partial charge >= 0.3 is 12.6 Å². The Hall–Kier alpha value is -2.96. The number of Topliss-reactive ketones (excluding diaryl/α,β-unsaturated/α-hetero) is 1. The zero-order chi connectivity index (χ0) is 17.7. The summed E-state index contributed by atoms with van der Waals surface area (Å²) in [6.45, 7) is -1.55. The van der Waals surface area contributed by atoms with Crippen molar-refractivity contribution >= 4 is 11.8 Å². The number of rotatable bonds is 6. The van der Waals surface area contributed by atoms with E-state index < -0.39 is 24.5 Å². The van der Waals surface area contributed by atoms with Crippen LogP contribution in [-0.4, -0.2) is 29.6 Å². The lowest BCUT2D eigenvalue weighted by Gasteiger charge is -2.13. The molecule has 5 nitrogen and oxygen atoms in total. The molecule has 0 aromatic heterocycles. The number of hydrogen-bond donors (Lipinski definition) is 1. The Morgan fingerprint density at radius 1 is 1.04 bits per heavy atom. The summed E-state index contributed by atoms with van der Waals surface area (Å²) < 4.78 is 33.4. The molecule has 0 saturated carbocycles. The summed E-state index contributed by atoms with van der Waals surface area (Å²) in [5.41, 5.74) is 0.295. The molecular formula is C17H14F2O5. The molecule has 2 aromatic carbocycles. The number of hydrogen-bond acceptors (Lipinski definition) is 5. The largest absolute Gasteiger partial charge is 0.508 e. The number of carbonyl (C=O) groups is 2. The molecule has 0 unspecified atom stereocenters. The van der Waals surface area contributed by atoms with Gasteiger partial charge in [0.15, 0.2) is 6.10 Å². The first-order chi connectivity index (χ1) is 11.4. The molecule has 2 rings (SSSR count). The molecule has 126 valence electrons. The maximum absolute atomic E-state index is 12.2. The SMILES string of the molecule is C[C@H](OC(=O)c1cccc(O)c1)C(=O)c1ccc(OC(F)F)cc1. The van der Waals surface area contributed by atoms with Crippen molar-refractivity contribution in [3.8, 4) is 11.5 Å². The first kappa shape index (κ1) is 17.4. The van der Waals surface area contributed by atoms with Crippen molar-refractivity contribution in [1.82, 2.24) is 0 Å². The quantitative estimate of drug-likeness (QED) is 0.646. The number of phenolic OH excluding ortho intramolecular Hbond substituents is 1. The number of halogens is 2. The predicted octanol–water partition coefficient (Wildman–Crippen LogP) is 3.42. The van der Waals surface area contributed by atoms with Crippen molar-refractivity contribution in [3.63, 3.8) is 0 Å². The maximum Gasteiger partial charge on any atom is 0.387 e. The van der Waals surface area contributed by atoms with Crippen LogP contribution in [0.4, 0.5) is 8.78 Å². The van der Waals surface area contributed by atoms with Gasteiger partial charge in [0.25, 0.3) is 0 Å². The van der Waals surface area contributed by atoms with E-state index in [1.165, 1.54) is 55.5 Å². The highest BCUT2D eigenvalue weighted by atomic mass is 19.3. The second-order valence-corrected chi connectivity index (χ2v) is 4.86. The number of phenols is 1. The third-order valence-electron chi connectivity index (χ3n) is 3.10. The minimum absolute atomic E-state index is 0.0778. The van der Waals surface area contributed by atoms with Gasteiger partial charge in [-0.1, -0.05) is 6.07 Å². The van der Waals surface area contributed by atoms with Crippen LogP contribution in [-0.2, 0) is 4.74 Å². The highest BCUT2D eigenvalue weighted by Gasteiger charge is 2.20. The average Bonchev–Trinajstić information content (AvgIpc) is 2.54. The Labute approximate surface area is 136 Å². The van der Waals surface area contributed by atoms with Crippen molar-refractivity contribution < 1.29 is 33.0 Å². The normalized spacial score (nSPS) is 11.8. The molecule has 0 spiro atoms. The molecule has 1 N–H and O–H groups in total. The van der Waals surface area contributed by atoms with E-state index in [1.807, 2.05) is 0 Å². The standard InChI is InChI=1S/C17H14F2O5/c1-10(23-16(22)12-3-2-4-13(20)9-12)15(21)11-5-7-14(8-6-11)24-17(18)19/h2-10,17,20H,1H3/t10-/m0/s1. The fourth-order valence-electron chi connectivity index (χ4n) is 1.95. The number of ketones is 1. The van der Waals surface area contributed by atoms with Crippen LogP contribution in [0.15, 0.2) is 48.5 Å². The fourth-order valence-corrected chi connectivity index (χ4v) is 1.95.